The summed E-state index contributed by atoms with van der Waals surface area (Å²) in [6.45, 7) is 22.0. The number of unbranched alkanes of at least 4 members (excludes halogenated alkanes) is 2. The van der Waals surface area contributed by atoms with Crippen molar-refractivity contribution in [1.82, 2.24) is 0 Å². The van der Waals surface area contributed by atoms with E-state index in [4.69, 9.17) is 37.9 Å². The van der Waals surface area contributed by atoms with Crippen LogP contribution >= 0.6 is 0 Å². The van der Waals surface area contributed by atoms with Crippen molar-refractivity contribution >= 4 is 0 Å². The van der Waals surface area contributed by atoms with Gasteiger partial charge in [-0.25, -0.2) is 0 Å². The molecule has 0 aromatic heterocycles. The first-order chi connectivity index (χ1) is 19.0. The maximum atomic E-state index is 5.47. The second-order valence-corrected chi connectivity index (χ2v) is 8.18. The fourth-order valence-electron chi connectivity index (χ4n) is 2.50. The van der Waals surface area contributed by atoms with Crippen LogP contribution in [-0.2, 0) is 44.5 Å². The van der Waals surface area contributed by atoms with E-state index in [1.54, 1.807) is 14.2 Å². The molecule has 0 bridgehead atoms. The Balaban J connectivity index is -0.000000436. The van der Waals surface area contributed by atoms with Crippen LogP contribution in [0.25, 0.3) is 0 Å². The summed E-state index contributed by atoms with van der Waals surface area (Å²) in [5.74, 6) is 0. The van der Waals surface area contributed by atoms with Crippen LogP contribution in [0, 0.1) is 0 Å². The van der Waals surface area contributed by atoms with Crippen molar-refractivity contribution in [3.05, 3.63) is 35.9 Å². The third kappa shape index (κ3) is 41.5. The molecular weight excluding hydrogens is 500 g/mol. The van der Waals surface area contributed by atoms with E-state index in [9.17, 15) is 0 Å². The van der Waals surface area contributed by atoms with E-state index in [0.29, 0.717) is 32.7 Å². The molecule has 0 N–H and O–H groups in total. The minimum atomic E-state index is 0.0317. The van der Waals surface area contributed by atoms with Crippen molar-refractivity contribution in [1.29, 1.82) is 0 Å². The van der Waals surface area contributed by atoms with Crippen LogP contribution in [0.15, 0.2) is 30.3 Å². The van der Waals surface area contributed by atoms with Gasteiger partial charge in [0.1, 0.15) is 19.0 Å². The Morgan fingerprint density at radius 3 is 1.54 bits per heavy atom. The molecule has 1 unspecified atom stereocenters. The summed E-state index contributed by atoms with van der Waals surface area (Å²) in [5, 5.41) is 0. The van der Waals surface area contributed by atoms with Crippen LogP contribution in [0.1, 0.15) is 73.3 Å². The lowest BCUT2D eigenvalue weighted by molar-refractivity contribution is -0.0451. The molecule has 1 aliphatic rings. The third-order valence-electron chi connectivity index (χ3n) is 4.63. The van der Waals surface area contributed by atoms with Crippen LogP contribution < -0.4 is 0 Å². The van der Waals surface area contributed by atoms with Crippen molar-refractivity contribution in [2.24, 2.45) is 0 Å². The highest BCUT2D eigenvalue weighted by Crippen LogP contribution is 2.10. The normalized spacial score (nSPS) is 13.0. The van der Waals surface area contributed by atoms with Gasteiger partial charge in [0.25, 0.3) is 0 Å². The number of ether oxygens (including phenoxy) is 8. The van der Waals surface area contributed by atoms with Gasteiger partial charge in [0.05, 0.1) is 33.0 Å². The van der Waals surface area contributed by atoms with Crippen molar-refractivity contribution in [3.63, 3.8) is 0 Å². The lowest BCUT2D eigenvalue weighted by Crippen LogP contribution is -2.26. The zero-order valence-electron chi connectivity index (χ0n) is 26.7. The van der Waals surface area contributed by atoms with E-state index in [-0.39, 0.29) is 6.10 Å². The molecule has 39 heavy (non-hydrogen) atoms. The van der Waals surface area contributed by atoms with E-state index < -0.39 is 0 Å². The fraction of sp³-hybridized carbons (Fsp3) is 0.806. The molecule has 0 spiro atoms. The average Bonchev–Trinajstić information content (AvgIpc) is 3.79. The van der Waals surface area contributed by atoms with Crippen molar-refractivity contribution in [2.75, 3.05) is 80.5 Å². The van der Waals surface area contributed by atoms with Gasteiger partial charge >= 0.3 is 0 Å². The second-order valence-electron chi connectivity index (χ2n) is 8.18. The topological polar surface area (TPSA) is 77.1 Å². The van der Waals surface area contributed by atoms with Gasteiger partial charge < -0.3 is 37.9 Å². The number of epoxide rings is 1. The maximum Gasteiger partial charge on any atom is 0.146 e. The number of hydrogen-bond donors (Lipinski definition) is 0. The number of hydrogen-bond acceptors (Lipinski definition) is 8. The van der Waals surface area contributed by atoms with E-state index in [0.717, 1.165) is 46.2 Å². The van der Waals surface area contributed by atoms with E-state index in [2.05, 4.69) is 26.0 Å². The Morgan fingerprint density at radius 1 is 0.718 bits per heavy atom. The van der Waals surface area contributed by atoms with E-state index in [1.807, 2.05) is 52.8 Å². The molecule has 1 fully saturated rings. The first-order valence-electron chi connectivity index (χ1n) is 14.6. The zero-order chi connectivity index (χ0) is 29.8. The van der Waals surface area contributed by atoms with Gasteiger partial charge in [0.15, 0.2) is 0 Å². The average molecular weight is 563 g/mol. The van der Waals surface area contributed by atoms with E-state index >= 15 is 0 Å². The van der Waals surface area contributed by atoms with Crippen molar-refractivity contribution < 1.29 is 37.9 Å². The van der Waals surface area contributed by atoms with Crippen LogP contribution in [0.5, 0.6) is 0 Å². The van der Waals surface area contributed by atoms with Gasteiger partial charge in [-0.2, -0.15) is 0 Å². The Hall–Kier alpha value is -1.10. The molecule has 1 aromatic carbocycles. The van der Waals surface area contributed by atoms with Gasteiger partial charge in [0.2, 0.25) is 0 Å². The molecule has 1 heterocycles. The lowest BCUT2D eigenvalue weighted by atomic mass is 10.2. The van der Waals surface area contributed by atoms with Crippen LogP contribution in [-0.4, -0.2) is 92.7 Å². The Kier molecular flexibility index (Phi) is 42.4. The molecule has 0 saturated carbocycles. The molecular formula is C31H62O8. The standard InChI is InChI=1S/C9H12O.C8H16O4.C5H12O2.C5H12.C4H10O/c1-2-10-8-9-6-4-3-5-7-9;1-9-3-7(4-10-2)11-5-8-6-12-8;1-3-6-5-7-4-2;2*1-3-5-4-2/h3-7H,2,8H2,1H3;7-8H,3-6H2,1-2H3;3-5H2,1-2H3;3-5H2,1-2H3;3-4H2,1-2H3. The van der Waals surface area contributed by atoms with Gasteiger partial charge in [-0.3, -0.25) is 0 Å². The van der Waals surface area contributed by atoms with Gasteiger partial charge in [-0.05, 0) is 40.2 Å². The molecule has 0 aliphatic carbocycles. The molecule has 1 saturated heterocycles. The van der Waals surface area contributed by atoms with Gasteiger partial charge in [0, 0.05) is 47.3 Å². The lowest BCUT2D eigenvalue weighted by Gasteiger charge is -2.14. The number of methoxy groups -OCH3 is 2. The molecule has 1 atom stereocenters. The highest BCUT2D eigenvalue weighted by Gasteiger charge is 2.24. The highest BCUT2D eigenvalue weighted by atomic mass is 16.7. The fourth-order valence-corrected chi connectivity index (χ4v) is 2.50. The first kappa shape index (κ1) is 42.4. The monoisotopic (exact) mass is 562 g/mol. The SMILES string of the molecule is CCCCC.CCOCC.CCOCOCC.CCOCc1ccccc1.COCC(COC)OCC1CO1. The van der Waals surface area contributed by atoms with Crippen LogP contribution in [0.4, 0.5) is 0 Å². The van der Waals surface area contributed by atoms with Gasteiger partial charge in [-0.1, -0.05) is 63.4 Å². The summed E-state index contributed by atoms with van der Waals surface area (Å²) in [5.41, 5.74) is 1.24. The second kappa shape index (κ2) is 39.0. The summed E-state index contributed by atoms with van der Waals surface area (Å²) in [4.78, 5) is 0. The molecule has 0 radical (unpaired) electrons. The predicted octanol–water partition coefficient (Wildman–Crippen LogP) is 6.54. The summed E-state index contributed by atoms with van der Waals surface area (Å²) in [6.07, 6.45) is 4.41. The third-order valence-corrected chi connectivity index (χ3v) is 4.63. The van der Waals surface area contributed by atoms with Crippen LogP contribution in [0.2, 0.25) is 0 Å². The summed E-state index contributed by atoms with van der Waals surface area (Å²) < 4.78 is 40.2. The highest BCUT2D eigenvalue weighted by molar-refractivity contribution is 5.13. The molecule has 2 rings (SSSR count). The Morgan fingerprint density at radius 2 is 1.21 bits per heavy atom. The summed E-state index contributed by atoms with van der Waals surface area (Å²) in [6, 6.07) is 10.2. The number of benzene rings is 1. The van der Waals surface area contributed by atoms with Crippen molar-refractivity contribution in [3.8, 4) is 0 Å². The summed E-state index contributed by atoms with van der Waals surface area (Å²) >= 11 is 0. The molecule has 8 nitrogen and oxygen atoms in total. The maximum absolute atomic E-state index is 5.47. The molecule has 234 valence electrons. The largest absolute Gasteiger partial charge is 0.382 e. The molecule has 8 heteroatoms. The Labute approximate surface area is 240 Å². The minimum Gasteiger partial charge on any atom is -0.382 e. The minimum absolute atomic E-state index is 0.0317. The van der Waals surface area contributed by atoms with E-state index in [1.165, 1.54) is 24.8 Å². The Bertz CT molecular complexity index is 495. The smallest absolute Gasteiger partial charge is 0.146 e. The van der Waals surface area contributed by atoms with Crippen LogP contribution in [0.3, 0.4) is 0 Å². The molecule has 1 aromatic rings. The quantitative estimate of drug-likeness (QED) is 0.113. The first-order valence-corrected chi connectivity index (χ1v) is 14.6. The molecule has 0 amide bonds. The zero-order valence-corrected chi connectivity index (χ0v) is 26.7. The summed E-state index contributed by atoms with van der Waals surface area (Å²) in [7, 11) is 3.30. The number of rotatable bonds is 18. The van der Waals surface area contributed by atoms with Gasteiger partial charge in [-0.15, -0.1) is 0 Å². The molecule has 1 aliphatic heterocycles. The predicted molar refractivity (Wildman–Crippen MR) is 160 cm³/mol. The van der Waals surface area contributed by atoms with Crippen molar-refractivity contribution in [2.45, 2.75) is 86.5 Å².